The van der Waals surface area contributed by atoms with Gasteiger partial charge in [-0.3, -0.25) is 4.79 Å². The molecule has 1 atom stereocenters. The molecule has 0 bridgehead atoms. The molecule has 1 aromatic heterocycles. The van der Waals surface area contributed by atoms with Crippen molar-refractivity contribution in [2.24, 2.45) is 24.6 Å². The summed E-state index contributed by atoms with van der Waals surface area (Å²) in [6.45, 7) is 5.47. The molecule has 6 nitrogen and oxygen atoms in total. The van der Waals surface area contributed by atoms with Crippen molar-refractivity contribution in [2.45, 2.75) is 39.7 Å². The highest BCUT2D eigenvalue weighted by atomic mass is 16.1. The Morgan fingerprint density at radius 2 is 2.21 bits per heavy atom. The van der Waals surface area contributed by atoms with E-state index in [4.69, 9.17) is 5.73 Å². The molecule has 1 amide bonds. The molecule has 0 aliphatic rings. The summed E-state index contributed by atoms with van der Waals surface area (Å²) >= 11 is 0. The van der Waals surface area contributed by atoms with Gasteiger partial charge in [0.25, 0.3) is 0 Å². The second-order valence-corrected chi connectivity index (χ2v) is 5.25. The Kier molecular flexibility index (Phi) is 6.49. The van der Waals surface area contributed by atoms with Crippen LogP contribution in [-0.4, -0.2) is 27.2 Å². The number of carbonyl (C=O) groups excluding carboxylic acids is 1. The molecule has 0 saturated heterocycles. The number of hydrogen-bond acceptors (Lipinski definition) is 4. The topological polar surface area (TPSA) is 85.8 Å². The van der Waals surface area contributed by atoms with Crippen molar-refractivity contribution in [1.29, 1.82) is 0 Å². The van der Waals surface area contributed by atoms with Gasteiger partial charge in [-0.2, -0.15) is 0 Å². The lowest BCUT2D eigenvalue weighted by Gasteiger charge is -2.19. The van der Waals surface area contributed by atoms with E-state index in [1.165, 1.54) is 0 Å². The fourth-order valence-corrected chi connectivity index (χ4v) is 2.07. The van der Waals surface area contributed by atoms with E-state index in [0.29, 0.717) is 31.3 Å². The lowest BCUT2D eigenvalue weighted by Crippen LogP contribution is -2.25. The molecule has 0 fully saturated rings. The number of aromatic nitrogens is 3. The lowest BCUT2D eigenvalue weighted by molar-refractivity contribution is -0.121. The Balaban J connectivity index is 2.29. The van der Waals surface area contributed by atoms with Gasteiger partial charge in [0.1, 0.15) is 6.33 Å². The van der Waals surface area contributed by atoms with Gasteiger partial charge in [0.2, 0.25) is 5.91 Å². The zero-order chi connectivity index (χ0) is 14.3. The molecule has 3 N–H and O–H groups in total. The number of aryl methyl sites for hydroxylation is 1. The third-order valence-corrected chi connectivity index (χ3v) is 3.47. The number of carbonyl (C=O) groups is 1. The first-order chi connectivity index (χ1) is 9.04. The maximum Gasteiger partial charge on any atom is 0.220 e. The second kappa shape index (κ2) is 7.89. The van der Waals surface area contributed by atoms with Crippen LogP contribution in [0.2, 0.25) is 0 Å². The first-order valence-corrected chi connectivity index (χ1v) is 6.84. The average Bonchev–Trinajstić information content (AvgIpc) is 2.77. The molecular weight excluding hydrogens is 242 g/mol. The highest BCUT2D eigenvalue weighted by Crippen LogP contribution is 2.20. The first kappa shape index (κ1) is 15.6. The van der Waals surface area contributed by atoms with Crippen LogP contribution in [0.25, 0.3) is 0 Å². The Morgan fingerprint density at radius 3 is 2.74 bits per heavy atom. The third-order valence-electron chi connectivity index (χ3n) is 3.47. The van der Waals surface area contributed by atoms with E-state index in [2.05, 4.69) is 29.4 Å². The molecule has 1 heterocycles. The molecular formula is C13H25N5O. The summed E-state index contributed by atoms with van der Waals surface area (Å²) in [6, 6.07) is 0. The van der Waals surface area contributed by atoms with Crippen molar-refractivity contribution in [3.8, 4) is 0 Å². The fourth-order valence-electron chi connectivity index (χ4n) is 2.07. The van der Waals surface area contributed by atoms with E-state index in [1.54, 1.807) is 10.9 Å². The standard InChI is InChI=1S/C13H25N5O/c1-10(2)11(6-7-14)4-5-13(19)15-8-12-17-16-9-18(12)3/h9-11H,4-8,14H2,1-3H3,(H,15,19). The minimum Gasteiger partial charge on any atom is -0.349 e. The number of rotatable bonds is 8. The van der Waals surface area contributed by atoms with E-state index in [1.807, 2.05) is 7.05 Å². The summed E-state index contributed by atoms with van der Waals surface area (Å²) in [5, 5.41) is 10.6. The predicted molar refractivity (Wildman–Crippen MR) is 74.1 cm³/mol. The van der Waals surface area contributed by atoms with Crippen LogP contribution < -0.4 is 11.1 Å². The van der Waals surface area contributed by atoms with Gasteiger partial charge >= 0.3 is 0 Å². The minimum absolute atomic E-state index is 0.0608. The molecule has 0 aliphatic heterocycles. The molecule has 0 saturated carbocycles. The zero-order valence-corrected chi connectivity index (χ0v) is 12.1. The molecule has 1 aromatic rings. The summed E-state index contributed by atoms with van der Waals surface area (Å²) in [5.41, 5.74) is 5.59. The number of nitrogens with zero attached hydrogens (tertiary/aromatic N) is 3. The van der Waals surface area contributed by atoms with Crippen LogP contribution in [0.15, 0.2) is 6.33 Å². The van der Waals surface area contributed by atoms with Gasteiger partial charge in [-0.15, -0.1) is 10.2 Å². The van der Waals surface area contributed by atoms with Gasteiger partial charge in [0, 0.05) is 13.5 Å². The quantitative estimate of drug-likeness (QED) is 0.730. The molecule has 0 spiro atoms. The Hall–Kier alpha value is -1.43. The molecule has 6 heteroatoms. The van der Waals surface area contributed by atoms with E-state index in [0.717, 1.165) is 18.7 Å². The van der Waals surface area contributed by atoms with E-state index < -0.39 is 0 Å². The van der Waals surface area contributed by atoms with Crippen molar-refractivity contribution in [1.82, 2.24) is 20.1 Å². The van der Waals surface area contributed by atoms with Crippen LogP contribution in [-0.2, 0) is 18.4 Å². The Bertz CT molecular complexity index is 388. The average molecular weight is 267 g/mol. The Morgan fingerprint density at radius 1 is 1.47 bits per heavy atom. The number of hydrogen-bond donors (Lipinski definition) is 2. The molecule has 0 aromatic carbocycles. The molecule has 0 aliphatic carbocycles. The van der Waals surface area contributed by atoms with Crippen LogP contribution in [0.4, 0.5) is 0 Å². The van der Waals surface area contributed by atoms with Gasteiger partial charge in [0.15, 0.2) is 5.82 Å². The van der Waals surface area contributed by atoms with Crippen molar-refractivity contribution < 1.29 is 4.79 Å². The van der Waals surface area contributed by atoms with Crippen LogP contribution in [0.5, 0.6) is 0 Å². The second-order valence-electron chi connectivity index (χ2n) is 5.25. The monoisotopic (exact) mass is 267 g/mol. The highest BCUT2D eigenvalue weighted by molar-refractivity contribution is 5.75. The predicted octanol–water partition coefficient (Wildman–Crippen LogP) is 0.833. The SMILES string of the molecule is CC(C)C(CCN)CCC(=O)NCc1nncn1C. The first-order valence-electron chi connectivity index (χ1n) is 6.84. The minimum atomic E-state index is 0.0608. The van der Waals surface area contributed by atoms with Crippen molar-refractivity contribution in [3.05, 3.63) is 12.2 Å². The largest absolute Gasteiger partial charge is 0.349 e. The maximum atomic E-state index is 11.8. The van der Waals surface area contributed by atoms with E-state index in [9.17, 15) is 4.79 Å². The third kappa shape index (κ3) is 5.38. The summed E-state index contributed by atoms with van der Waals surface area (Å²) in [4.78, 5) is 11.8. The molecule has 19 heavy (non-hydrogen) atoms. The van der Waals surface area contributed by atoms with Gasteiger partial charge in [-0.05, 0) is 31.2 Å². The Labute approximate surface area is 114 Å². The molecule has 0 radical (unpaired) electrons. The van der Waals surface area contributed by atoms with Crippen LogP contribution in [0.1, 0.15) is 38.9 Å². The summed E-state index contributed by atoms with van der Waals surface area (Å²) in [6.07, 6.45) is 4.03. The van der Waals surface area contributed by atoms with Crippen molar-refractivity contribution in [2.75, 3.05) is 6.54 Å². The number of amides is 1. The van der Waals surface area contributed by atoms with Gasteiger partial charge < -0.3 is 15.6 Å². The zero-order valence-electron chi connectivity index (χ0n) is 12.1. The number of nitrogens with one attached hydrogen (secondary N) is 1. The van der Waals surface area contributed by atoms with E-state index >= 15 is 0 Å². The normalized spacial score (nSPS) is 12.7. The van der Waals surface area contributed by atoms with Crippen molar-refractivity contribution in [3.63, 3.8) is 0 Å². The summed E-state index contributed by atoms with van der Waals surface area (Å²) in [7, 11) is 1.86. The fraction of sp³-hybridized carbons (Fsp3) is 0.769. The number of nitrogens with two attached hydrogens (primary N) is 1. The molecule has 1 rings (SSSR count). The lowest BCUT2D eigenvalue weighted by atomic mass is 9.88. The summed E-state index contributed by atoms with van der Waals surface area (Å²) < 4.78 is 1.80. The van der Waals surface area contributed by atoms with Gasteiger partial charge in [0.05, 0.1) is 6.54 Å². The molecule has 108 valence electrons. The van der Waals surface area contributed by atoms with Gasteiger partial charge in [-0.25, -0.2) is 0 Å². The highest BCUT2D eigenvalue weighted by Gasteiger charge is 2.14. The van der Waals surface area contributed by atoms with Crippen LogP contribution in [0, 0.1) is 11.8 Å². The van der Waals surface area contributed by atoms with E-state index in [-0.39, 0.29) is 5.91 Å². The van der Waals surface area contributed by atoms with Crippen molar-refractivity contribution >= 4 is 5.91 Å². The van der Waals surface area contributed by atoms with Gasteiger partial charge in [-0.1, -0.05) is 13.8 Å². The maximum absolute atomic E-state index is 11.8. The van der Waals surface area contributed by atoms with Crippen LogP contribution in [0.3, 0.4) is 0 Å². The summed E-state index contributed by atoms with van der Waals surface area (Å²) in [5.74, 6) is 1.90. The smallest absolute Gasteiger partial charge is 0.220 e. The molecule has 1 unspecified atom stereocenters. The van der Waals surface area contributed by atoms with Crippen LogP contribution >= 0.6 is 0 Å².